The van der Waals surface area contributed by atoms with Crippen LogP contribution < -0.4 is 10.6 Å². The van der Waals surface area contributed by atoms with Crippen molar-refractivity contribution >= 4 is 35.2 Å². The number of aromatic amines is 2. The number of unbranched alkanes of at least 4 members (excludes halogenated alkanes) is 6. The number of likely N-dealkylation sites (tertiary alicyclic amines) is 2. The number of hydrogen-bond acceptors (Lipinski definition) is 10. The zero-order chi connectivity index (χ0) is 53.3. The van der Waals surface area contributed by atoms with Crippen LogP contribution in [0.15, 0.2) is 96.3 Å². The van der Waals surface area contributed by atoms with Gasteiger partial charge in [-0.15, -0.1) is 0 Å². The third-order valence-corrected chi connectivity index (χ3v) is 17.1. The van der Waals surface area contributed by atoms with Crippen LogP contribution in [0.2, 0.25) is 0 Å². The number of likely N-dealkylation sites (N-methyl/N-ethyl adjacent to an activating group) is 2. The van der Waals surface area contributed by atoms with Gasteiger partial charge in [0.05, 0.1) is 23.5 Å². The molecule has 8 heterocycles. The zero-order valence-corrected chi connectivity index (χ0v) is 46.4. The maximum absolute atomic E-state index is 12.7. The second kappa shape index (κ2) is 25.5. The lowest BCUT2D eigenvalue weighted by Gasteiger charge is -2.48. The molecule has 0 radical (unpaired) electrons. The molecule has 0 aliphatic carbocycles. The van der Waals surface area contributed by atoms with Crippen molar-refractivity contribution < 1.29 is 19.8 Å². The van der Waals surface area contributed by atoms with Crippen LogP contribution in [0.3, 0.4) is 0 Å². The Bertz CT molecular complexity index is 2410. The van der Waals surface area contributed by atoms with Crippen LogP contribution in [-0.4, -0.2) is 162 Å². The lowest BCUT2D eigenvalue weighted by atomic mass is 9.91. The zero-order valence-electron chi connectivity index (χ0n) is 46.4. The van der Waals surface area contributed by atoms with Crippen LogP contribution in [0.1, 0.15) is 128 Å². The van der Waals surface area contributed by atoms with Crippen molar-refractivity contribution in [3.8, 4) is 0 Å². The monoisotopic (exact) mass is 1040 g/mol. The number of H-pyrrole nitrogens is 2. The minimum absolute atomic E-state index is 0.263. The predicted molar refractivity (Wildman–Crippen MR) is 305 cm³/mol. The number of amides is 2. The summed E-state index contributed by atoms with van der Waals surface area (Å²) >= 11 is 0. The summed E-state index contributed by atoms with van der Waals surface area (Å²) in [6.45, 7) is 23.3. The van der Waals surface area contributed by atoms with Gasteiger partial charge in [-0.1, -0.05) is 141 Å². The van der Waals surface area contributed by atoms with Gasteiger partial charge in [0.25, 0.3) is 0 Å². The summed E-state index contributed by atoms with van der Waals surface area (Å²) in [5.41, 5.74) is 9.72. The van der Waals surface area contributed by atoms with E-state index in [0.29, 0.717) is 38.0 Å². The topological polar surface area (TPSA) is 156 Å². The van der Waals surface area contributed by atoms with Crippen molar-refractivity contribution in [2.75, 3.05) is 76.1 Å². The van der Waals surface area contributed by atoms with Gasteiger partial charge >= 0.3 is 12.2 Å². The fraction of sp³-hybridized carbons (Fsp3) is 0.567. The highest BCUT2D eigenvalue weighted by atomic mass is 16.4. The summed E-state index contributed by atoms with van der Waals surface area (Å²) in [6, 6.07) is 26.2. The Morgan fingerprint density at radius 1 is 0.566 bits per heavy atom. The third-order valence-electron chi connectivity index (χ3n) is 17.1. The number of nitrogens with one attached hydrogen (secondary N) is 4. The van der Waals surface area contributed by atoms with Crippen LogP contribution in [-0.2, 0) is 13.1 Å². The fourth-order valence-electron chi connectivity index (χ4n) is 13.1. The molecule has 2 aromatic carbocycles. The summed E-state index contributed by atoms with van der Waals surface area (Å²) < 4.78 is 0. The number of anilines is 2. The SMILES string of the molecule is CCCCCCN(C(=O)O)C1C2=C(c3cc[nH]c3NC2)N([C@@H]2CN(Cc3ccccc3)CC[C@H]2C)N1CC.CCCCCCN(C(=O)O)C1C2=C(c3cc[nH]c3NC2)N([C@@H]2CN(Cc3ccccc3)CC[C@H]2C)N1CC. The Hall–Kier alpha value is -5.94. The minimum atomic E-state index is -0.832. The molecule has 10 rings (SSSR count). The predicted octanol–water partition coefficient (Wildman–Crippen LogP) is 11.0. The number of hydrogen-bond donors (Lipinski definition) is 6. The quantitative estimate of drug-likeness (QED) is 0.0467. The fourth-order valence-corrected chi connectivity index (χ4v) is 13.1. The number of fused-ring (bicyclic) bond motifs is 4. The molecule has 0 bridgehead atoms. The van der Waals surface area contributed by atoms with E-state index in [0.717, 1.165) is 139 Å². The number of piperidine rings is 2. The molecule has 6 atom stereocenters. The first-order valence-corrected chi connectivity index (χ1v) is 29.0. The molecule has 6 N–H and O–H groups in total. The molecule has 16 heteroatoms. The summed E-state index contributed by atoms with van der Waals surface area (Å²) in [7, 11) is 0. The van der Waals surface area contributed by atoms with E-state index in [1.165, 1.54) is 33.7 Å². The van der Waals surface area contributed by atoms with Gasteiger partial charge in [0.2, 0.25) is 0 Å². The van der Waals surface area contributed by atoms with Gasteiger partial charge < -0.3 is 30.8 Å². The van der Waals surface area contributed by atoms with Gasteiger partial charge in [-0.25, -0.2) is 9.59 Å². The van der Waals surface area contributed by atoms with E-state index in [-0.39, 0.29) is 24.4 Å². The molecule has 2 amide bonds. The Labute approximate surface area is 452 Å². The molecular weight excluding hydrogens is 953 g/mol. The second-order valence-corrected chi connectivity index (χ2v) is 22.1. The number of aromatic nitrogens is 2. The van der Waals surface area contributed by atoms with Crippen molar-refractivity contribution in [1.29, 1.82) is 0 Å². The normalized spacial score (nSPS) is 23.8. The number of benzene rings is 2. The first kappa shape index (κ1) is 54.8. The molecule has 2 saturated heterocycles. The number of carbonyl (C=O) groups is 2. The molecule has 2 unspecified atom stereocenters. The van der Waals surface area contributed by atoms with E-state index in [4.69, 9.17) is 0 Å². The van der Waals surface area contributed by atoms with Gasteiger partial charge in [0.1, 0.15) is 24.0 Å². The molecule has 16 nitrogen and oxygen atoms in total. The molecule has 2 fully saturated rings. The van der Waals surface area contributed by atoms with Gasteiger partial charge in [-0.05, 0) is 73.9 Å². The Balaban J connectivity index is 0.000000186. The minimum Gasteiger partial charge on any atom is -0.465 e. The van der Waals surface area contributed by atoms with Crippen LogP contribution >= 0.6 is 0 Å². The van der Waals surface area contributed by atoms with E-state index < -0.39 is 12.2 Å². The molecule has 0 spiro atoms. The van der Waals surface area contributed by atoms with Crippen molar-refractivity contribution in [3.05, 3.63) is 119 Å². The summed E-state index contributed by atoms with van der Waals surface area (Å²) in [5, 5.41) is 37.6. The van der Waals surface area contributed by atoms with Crippen LogP contribution in [0.5, 0.6) is 0 Å². The molecular formula is C60H88N12O4. The Morgan fingerprint density at radius 2 is 0.974 bits per heavy atom. The average molecular weight is 1040 g/mol. The van der Waals surface area contributed by atoms with Gasteiger partial charge in [-0.3, -0.25) is 29.6 Å². The second-order valence-electron chi connectivity index (χ2n) is 22.1. The molecule has 2 aromatic heterocycles. The number of hydrazine groups is 2. The van der Waals surface area contributed by atoms with E-state index in [1.807, 2.05) is 12.4 Å². The standard InChI is InChI=1S/2C30H44N6O2/c2*1-4-6-7-11-17-34(30(37)38)29-25-19-32-28-24(14-16-31-28)27(25)36(35(29)5-2)26-21-33(18-15-22(26)3)20-23-12-9-8-10-13-23/h2*8-10,12-14,16,22,26,29,31-32H,4-7,11,15,17-21H2,1-3H3,(H,37,38)/t2*22-,26-,29?/m11/s1. The summed E-state index contributed by atoms with van der Waals surface area (Å²) in [6.07, 6.45) is 12.4. The van der Waals surface area contributed by atoms with Crippen LogP contribution in [0.25, 0.3) is 11.4 Å². The van der Waals surface area contributed by atoms with Crippen molar-refractivity contribution in [2.45, 2.75) is 143 Å². The molecule has 0 saturated carbocycles. The molecule has 6 aliphatic rings. The lowest BCUT2D eigenvalue weighted by Crippen LogP contribution is -2.59. The maximum atomic E-state index is 12.7. The first-order valence-electron chi connectivity index (χ1n) is 29.0. The Morgan fingerprint density at radius 3 is 1.34 bits per heavy atom. The first-order chi connectivity index (χ1) is 37.1. The molecule has 412 valence electrons. The largest absolute Gasteiger partial charge is 0.465 e. The molecule has 76 heavy (non-hydrogen) atoms. The van der Waals surface area contributed by atoms with Crippen molar-refractivity contribution in [3.63, 3.8) is 0 Å². The van der Waals surface area contributed by atoms with E-state index >= 15 is 0 Å². The maximum Gasteiger partial charge on any atom is 0.408 e. The number of rotatable bonds is 20. The van der Waals surface area contributed by atoms with E-state index in [9.17, 15) is 19.8 Å². The van der Waals surface area contributed by atoms with Gasteiger partial charge in [-0.2, -0.15) is 10.0 Å². The van der Waals surface area contributed by atoms with Crippen molar-refractivity contribution in [1.82, 2.24) is 49.6 Å². The number of nitrogens with zero attached hydrogens (tertiary/aromatic N) is 8. The van der Waals surface area contributed by atoms with Gasteiger partial charge in [0, 0.05) is 100 Å². The highest BCUT2D eigenvalue weighted by molar-refractivity contribution is 5.83. The smallest absolute Gasteiger partial charge is 0.408 e. The van der Waals surface area contributed by atoms with Crippen LogP contribution in [0.4, 0.5) is 21.2 Å². The Kier molecular flexibility index (Phi) is 18.4. The lowest BCUT2D eigenvalue weighted by molar-refractivity contribution is -0.0826. The highest BCUT2D eigenvalue weighted by Crippen LogP contribution is 2.47. The van der Waals surface area contributed by atoms with Crippen LogP contribution in [0, 0.1) is 11.8 Å². The highest BCUT2D eigenvalue weighted by Gasteiger charge is 2.51. The number of carboxylic acid groups (broad SMARTS) is 2. The summed E-state index contributed by atoms with van der Waals surface area (Å²) in [4.78, 5) is 40.7. The summed E-state index contributed by atoms with van der Waals surface area (Å²) in [5.74, 6) is 3.03. The average Bonchev–Trinajstić information content (AvgIpc) is 4.25. The van der Waals surface area contributed by atoms with E-state index in [1.54, 1.807) is 9.80 Å². The third kappa shape index (κ3) is 11.7. The van der Waals surface area contributed by atoms with Gasteiger partial charge in [0.15, 0.2) is 0 Å². The molecule has 4 aromatic rings. The van der Waals surface area contributed by atoms with E-state index in [2.05, 4.69) is 165 Å². The van der Waals surface area contributed by atoms with Crippen molar-refractivity contribution in [2.24, 2.45) is 11.8 Å². The molecule has 6 aliphatic heterocycles.